The molecule has 104 valence electrons. The highest BCUT2D eigenvalue weighted by Gasteiger charge is 2.18. The van der Waals surface area contributed by atoms with Gasteiger partial charge in [0.2, 0.25) is 0 Å². The van der Waals surface area contributed by atoms with E-state index in [-0.39, 0.29) is 0 Å². The van der Waals surface area contributed by atoms with Gasteiger partial charge in [0.1, 0.15) is 11.9 Å². The molecule has 0 aliphatic carbocycles. The number of benzene rings is 1. The van der Waals surface area contributed by atoms with Crippen LogP contribution in [0.15, 0.2) is 44.2 Å². The highest BCUT2D eigenvalue weighted by Crippen LogP contribution is 2.28. The predicted octanol–water partition coefficient (Wildman–Crippen LogP) is 2.37. The monoisotopic (exact) mass is 273 g/mol. The van der Waals surface area contributed by atoms with Crippen molar-refractivity contribution in [1.29, 1.82) is 0 Å². The lowest BCUT2D eigenvalue weighted by Crippen LogP contribution is -2.08. The Morgan fingerprint density at radius 2 is 2.15 bits per heavy atom. The van der Waals surface area contributed by atoms with Crippen LogP contribution in [0.25, 0.3) is 11.1 Å². The lowest BCUT2D eigenvalue weighted by atomic mass is 10.0. The Balaban J connectivity index is 2.08. The molecule has 0 fully saturated rings. The van der Waals surface area contributed by atoms with E-state index in [1.807, 2.05) is 6.92 Å². The molecule has 0 spiro atoms. The molecular formula is C15H15NO4. The number of rotatable bonds is 3. The number of hydrogen-bond donors (Lipinski definition) is 1. The molecule has 5 nitrogen and oxygen atoms in total. The quantitative estimate of drug-likeness (QED) is 0.795. The molecule has 0 amide bonds. The van der Waals surface area contributed by atoms with Gasteiger partial charge < -0.3 is 13.9 Å². The van der Waals surface area contributed by atoms with Crippen molar-refractivity contribution >= 4 is 11.1 Å². The summed E-state index contributed by atoms with van der Waals surface area (Å²) in [6.45, 7) is 1.97. The maximum Gasteiger partial charge on any atom is 0.419 e. The first-order chi connectivity index (χ1) is 9.61. The van der Waals surface area contributed by atoms with E-state index in [9.17, 15) is 9.90 Å². The summed E-state index contributed by atoms with van der Waals surface area (Å²) in [5, 5.41) is 10.4. The van der Waals surface area contributed by atoms with Crippen LogP contribution >= 0.6 is 0 Å². The number of aliphatic hydroxyl groups excluding tert-OH is 1. The van der Waals surface area contributed by atoms with Gasteiger partial charge in [0.15, 0.2) is 5.58 Å². The van der Waals surface area contributed by atoms with Gasteiger partial charge >= 0.3 is 5.76 Å². The molecule has 0 saturated carbocycles. The van der Waals surface area contributed by atoms with Crippen LogP contribution in [-0.4, -0.2) is 9.67 Å². The second-order valence-corrected chi connectivity index (χ2v) is 4.71. The highest BCUT2D eigenvalue weighted by atomic mass is 16.4. The molecule has 0 aliphatic heterocycles. The van der Waals surface area contributed by atoms with Gasteiger partial charge in [-0.1, -0.05) is 13.0 Å². The summed E-state index contributed by atoms with van der Waals surface area (Å²) in [5.41, 5.74) is 2.58. The Hall–Kier alpha value is -2.27. The SMILES string of the molecule is CCc1occc1C(O)c1ccc2c(c1)oc(=O)n2C. The van der Waals surface area contributed by atoms with E-state index >= 15 is 0 Å². The molecule has 5 heteroatoms. The van der Waals surface area contributed by atoms with Crippen molar-refractivity contribution in [3.05, 3.63) is 58.0 Å². The molecule has 3 aromatic rings. The fourth-order valence-corrected chi connectivity index (χ4v) is 2.38. The lowest BCUT2D eigenvalue weighted by molar-refractivity contribution is 0.217. The number of aryl methyl sites for hydroxylation is 2. The summed E-state index contributed by atoms with van der Waals surface area (Å²) in [6.07, 6.45) is 1.49. The van der Waals surface area contributed by atoms with Crippen molar-refractivity contribution in [2.45, 2.75) is 19.4 Å². The number of furan rings is 1. The zero-order valence-corrected chi connectivity index (χ0v) is 11.3. The standard InChI is InChI=1S/C15H15NO4/c1-3-12-10(6-7-19-12)14(17)9-4-5-11-13(8-9)20-15(18)16(11)2/h4-8,14,17H,3H2,1-2H3. The minimum absolute atomic E-state index is 0.413. The summed E-state index contributed by atoms with van der Waals surface area (Å²) >= 11 is 0. The second-order valence-electron chi connectivity index (χ2n) is 4.71. The van der Waals surface area contributed by atoms with Crippen molar-refractivity contribution in [2.24, 2.45) is 7.05 Å². The fraction of sp³-hybridized carbons (Fsp3) is 0.267. The molecule has 1 aromatic carbocycles. The van der Waals surface area contributed by atoms with Gasteiger partial charge in [-0.05, 0) is 23.8 Å². The van der Waals surface area contributed by atoms with Crippen molar-refractivity contribution < 1.29 is 13.9 Å². The fourth-order valence-electron chi connectivity index (χ4n) is 2.38. The van der Waals surface area contributed by atoms with Crippen LogP contribution in [0.1, 0.15) is 29.9 Å². The van der Waals surface area contributed by atoms with Crippen LogP contribution in [-0.2, 0) is 13.5 Å². The summed E-state index contributed by atoms with van der Waals surface area (Å²) in [6, 6.07) is 7.00. The summed E-state index contributed by atoms with van der Waals surface area (Å²) in [7, 11) is 1.65. The average Bonchev–Trinajstić information content (AvgIpc) is 3.03. The van der Waals surface area contributed by atoms with E-state index in [4.69, 9.17) is 8.83 Å². The van der Waals surface area contributed by atoms with E-state index < -0.39 is 11.9 Å². The number of fused-ring (bicyclic) bond motifs is 1. The third-order valence-corrected chi connectivity index (χ3v) is 3.53. The van der Waals surface area contributed by atoms with Gasteiger partial charge in [0.25, 0.3) is 0 Å². The van der Waals surface area contributed by atoms with Crippen molar-refractivity contribution in [1.82, 2.24) is 4.57 Å². The Morgan fingerprint density at radius 3 is 2.90 bits per heavy atom. The number of nitrogens with zero attached hydrogens (tertiary/aromatic N) is 1. The van der Waals surface area contributed by atoms with E-state index in [0.29, 0.717) is 23.1 Å². The van der Waals surface area contributed by atoms with Crippen LogP contribution in [0.5, 0.6) is 0 Å². The summed E-state index contributed by atoms with van der Waals surface area (Å²) < 4.78 is 11.9. The molecule has 1 atom stereocenters. The first-order valence-electron chi connectivity index (χ1n) is 6.45. The highest BCUT2D eigenvalue weighted by molar-refractivity contribution is 5.74. The Bertz CT molecular complexity index is 809. The first-order valence-corrected chi connectivity index (χ1v) is 6.45. The number of oxazole rings is 1. The maximum absolute atomic E-state index is 11.5. The van der Waals surface area contributed by atoms with Gasteiger partial charge in [-0.15, -0.1) is 0 Å². The van der Waals surface area contributed by atoms with E-state index in [1.54, 1.807) is 37.6 Å². The Labute approximate surface area is 115 Å². The first kappa shape index (κ1) is 12.7. The van der Waals surface area contributed by atoms with Gasteiger partial charge in [-0.2, -0.15) is 0 Å². The minimum Gasteiger partial charge on any atom is -0.469 e. The third-order valence-electron chi connectivity index (χ3n) is 3.53. The van der Waals surface area contributed by atoms with E-state index in [2.05, 4.69) is 0 Å². The zero-order valence-electron chi connectivity index (χ0n) is 11.3. The van der Waals surface area contributed by atoms with Crippen molar-refractivity contribution in [2.75, 3.05) is 0 Å². The second kappa shape index (κ2) is 4.68. The smallest absolute Gasteiger partial charge is 0.419 e. The molecule has 2 aromatic heterocycles. The Kier molecular flexibility index (Phi) is 2.99. The number of hydrogen-bond acceptors (Lipinski definition) is 4. The lowest BCUT2D eigenvalue weighted by Gasteiger charge is -2.10. The molecule has 0 bridgehead atoms. The van der Waals surface area contributed by atoms with Gasteiger partial charge in [0, 0.05) is 19.0 Å². The van der Waals surface area contributed by atoms with Crippen molar-refractivity contribution in [3.63, 3.8) is 0 Å². The van der Waals surface area contributed by atoms with Crippen LogP contribution in [0, 0.1) is 0 Å². The summed E-state index contributed by atoms with van der Waals surface area (Å²) in [4.78, 5) is 11.5. The molecule has 0 radical (unpaired) electrons. The molecule has 20 heavy (non-hydrogen) atoms. The molecule has 1 unspecified atom stereocenters. The molecular weight excluding hydrogens is 258 g/mol. The van der Waals surface area contributed by atoms with Crippen molar-refractivity contribution in [3.8, 4) is 0 Å². The van der Waals surface area contributed by atoms with Crippen LogP contribution in [0.2, 0.25) is 0 Å². The van der Waals surface area contributed by atoms with E-state index in [0.717, 1.165) is 11.3 Å². The average molecular weight is 273 g/mol. The van der Waals surface area contributed by atoms with E-state index in [1.165, 1.54) is 4.57 Å². The predicted molar refractivity (Wildman–Crippen MR) is 73.6 cm³/mol. The summed E-state index contributed by atoms with van der Waals surface area (Å²) in [5.74, 6) is 0.344. The zero-order chi connectivity index (χ0) is 14.3. The molecule has 1 N–H and O–H groups in total. The minimum atomic E-state index is -0.793. The number of aromatic nitrogens is 1. The maximum atomic E-state index is 11.5. The van der Waals surface area contributed by atoms with Crippen LogP contribution in [0.3, 0.4) is 0 Å². The van der Waals surface area contributed by atoms with Crippen LogP contribution in [0.4, 0.5) is 0 Å². The Morgan fingerprint density at radius 1 is 1.35 bits per heavy atom. The number of aliphatic hydroxyl groups is 1. The largest absolute Gasteiger partial charge is 0.469 e. The van der Waals surface area contributed by atoms with Gasteiger partial charge in [0.05, 0.1) is 11.8 Å². The molecule has 2 heterocycles. The topological polar surface area (TPSA) is 68.5 Å². The molecule has 0 saturated heterocycles. The third kappa shape index (κ3) is 1.87. The van der Waals surface area contributed by atoms with Crippen LogP contribution < -0.4 is 5.76 Å². The van der Waals surface area contributed by atoms with Gasteiger partial charge in [-0.25, -0.2) is 4.79 Å². The normalized spacial score (nSPS) is 12.9. The molecule has 3 rings (SSSR count). The van der Waals surface area contributed by atoms with Gasteiger partial charge in [-0.3, -0.25) is 4.57 Å². The molecule has 0 aliphatic rings.